The zero-order valence-corrected chi connectivity index (χ0v) is 21.4. The Kier molecular flexibility index (Phi) is 10.2. The smallest absolute Gasteiger partial charge is 0.191 e. The molecule has 2 N–H and O–H groups in total. The van der Waals surface area contributed by atoms with Crippen LogP contribution in [0.3, 0.4) is 0 Å². The van der Waals surface area contributed by atoms with Crippen LogP contribution in [0.2, 0.25) is 0 Å². The van der Waals surface area contributed by atoms with Crippen molar-refractivity contribution in [2.75, 3.05) is 33.4 Å². The number of aliphatic imine (C=N–C) groups is 1. The molecule has 1 fully saturated rings. The Morgan fingerprint density at radius 3 is 2.00 bits per heavy atom. The van der Waals surface area contributed by atoms with Gasteiger partial charge < -0.3 is 15.4 Å². The molecule has 1 aromatic heterocycles. The number of nitrogens with zero attached hydrogens (tertiary/aromatic N) is 4. The van der Waals surface area contributed by atoms with Gasteiger partial charge >= 0.3 is 0 Å². The van der Waals surface area contributed by atoms with Gasteiger partial charge in [-0.15, -0.1) is 24.0 Å². The summed E-state index contributed by atoms with van der Waals surface area (Å²) in [5.41, 5.74) is 5.12. The number of aromatic nitrogens is 2. The lowest BCUT2D eigenvalue weighted by atomic mass is 10.1. The van der Waals surface area contributed by atoms with Gasteiger partial charge in [0, 0.05) is 52.2 Å². The summed E-state index contributed by atoms with van der Waals surface area (Å²) in [5, 5.41) is 11.3. The first-order valence-electron chi connectivity index (χ1n) is 11.2. The van der Waals surface area contributed by atoms with Gasteiger partial charge in [0.1, 0.15) is 0 Å². The van der Waals surface area contributed by atoms with Crippen LogP contribution in [0.4, 0.5) is 0 Å². The number of halogens is 1. The second-order valence-corrected chi connectivity index (χ2v) is 7.91. The Bertz CT molecular complexity index is 1000. The van der Waals surface area contributed by atoms with E-state index in [4.69, 9.17) is 4.74 Å². The van der Waals surface area contributed by atoms with Gasteiger partial charge in [-0.3, -0.25) is 14.6 Å². The van der Waals surface area contributed by atoms with Crippen LogP contribution in [0, 0.1) is 0 Å². The molecule has 176 valence electrons. The lowest BCUT2D eigenvalue weighted by Gasteiger charge is -2.27. The third kappa shape index (κ3) is 7.55. The summed E-state index contributed by atoms with van der Waals surface area (Å²) >= 11 is 0. The minimum absolute atomic E-state index is 0. The molecule has 1 aliphatic rings. The number of hydrogen-bond acceptors (Lipinski definition) is 4. The van der Waals surface area contributed by atoms with Crippen molar-refractivity contribution in [3.63, 3.8) is 0 Å². The molecule has 0 unspecified atom stereocenters. The summed E-state index contributed by atoms with van der Waals surface area (Å²) in [6.45, 7) is 6.76. The van der Waals surface area contributed by atoms with E-state index >= 15 is 0 Å². The highest BCUT2D eigenvalue weighted by Gasteiger charge is 2.13. The third-order valence-corrected chi connectivity index (χ3v) is 5.74. The van der Waals surface area contributed by atoms with E-state index in [9.17, 15) is 0 Å². The van der Waals surface area contributed by atoms with Crippen LogP contribution in [0.5, 0.6) is 0 Å². The first kappa shape index (κ1) is 25.2. The maximum absolute atomic E-state index is 5.48. The molecule has 33 heavy (non-hydrogen) atoms. The second kappa shape index (κ2) is 13.3. The van der Waals surface area contributed by atoms with Crippen LogP contribution in [-0.2, 0) is 30.9 Å². The molecular formula is C25H33IN6O. The molecule has 0 bridgehead atoms. The molecule has 7 nitrogen and oxygen atoms in total. The predicted molar refractivity (Wildman–Crippen MR) is 143 cm³/mol. The lowest BCUT2D eigenvalue weighted by molar-refractivity contribution is 0.0341. The van der Waals surface area contributed by atoms with E-state index < -0.39 is 0 Å². The van der Waals surface area contributed by atoms with Crippen molar-refractivity contribution in [2.24, 2.45) is 4.99 Å². The van der Waals surface area contributed by atoms with Crippen molar-refractivity contribution >= 4 is 29.9 Å². The summed E-state index contributed by atoms with van der Waals surface area (Å²) < 4.78 is 7.42. The summed E-state index contributed by atoms with van der Waals surface area (Å²) in [6.07, 6.45) is 3.79. The van der Waals surface area contributed by atoms with E-state index in [-0.39, 0.29) is 24.0 Å². The molecule has 0 atom stereocenters. The van der Waals surface area contributed by atoms with Gasteiger partial charge in [0.05, 0.1) is 19.8 Å². The van der Waals surface area contributed by atoms with Gasteiger partial charge in [-0.25, -0.2) is 0 Å². The maximum Gasteiger partial charge on any atom is 0.191 e. The number of rotatable bonds is 8. The van der Waals surface area contributed by atoms with Crippen LogP contribution >= 0.6 is 24.0 Å². The summed E-state index contributed by atoms with van der Waals surface area (Å²) in [6, 6.07) is 19.0. The standard InChI is InChI=1S/C25H32N6O.HI/c1-26-25(28-18-22-8-3-5-10-24(22)20-31-12-6-11-29-31)27-17-21-7-2-4-9-23(21)19-30-13-15-32-16-14-30;/h2-12H,13-20H2,1H3,(H2,26,27,28);1H. The third-order valence-electron chi connectivity index (χ3n) is 5.74. The topological polar surface area (TPSA) is 66.7 Å². The fourth-order valence-electron chi connectivity index (χ4n) is 3.92. The summed E-state index contributed by atoms with van der Waals surface area (Å²) in [7, 11) is 1.81. The molecule has 0 spiro atoms. The van der Waals surface area contributed by atoms with Gasteiger partial charge in [0.25, 0.3) is 0 Å². The highest BCUT2D eigenvalue weighted by atomic mass is 127. The molecule has 0 radical (unpaired) electrons. The molecule has 4 rings (SSSR count). The highest BCUT2D eigenvalue weighted by molar-refractivity contribution is 14.0. The number of hydrogen-bond donors (Lipinski definition) is 2. The number of guanidine groups is 1. The minimum atomic E-state index is 0. The molecular weight excluding hydrogens is 527 g/mol. The van der Waals surface area contributed by atoms with E-state index in [2.05, 4.69) is 74.2 Å². The summed E-state index contributed by atoms with van der Waals surface area (Å²) in [5.74, 6) is 0.792. The Morgan fingerprint density at radius 2 is 1.45 bits per heavy atom. The van der Waals surface area contributed by atoms with Crippen LogP contribution in [0.15, 0.2) is 72.0 Å². The molecule has 1 aliphatic heterocycles. The van der Waals surface area contributed by atoms with Gasteiger partial charge in [-0.2, -0.15) is 5.10 Å². The zero-order chi connectivity index (χ0) is 22.0. The van der Waals surface area contributed by atoms with Crippen LogP contribution in [0.1, 0.15) is 22.3 Å². The Balaban J connectivity index is 0.00000306. The normalized spacial score (nSPS) is 14.5. The molecule has 3 aromatic rings. The van der Waals surface area contributed by atoms with Crippen molar-refractivity contribution < 1.29 is 4.74 Å². The average molecular weight is 560 g/mol. The predicted octanol–water partition coefficient (Wildman–Crippen LogP) is 3.25. The summed E-state index contributed by atoms with van der Waals surface area (Å²) in [4.78, 5) is 6.87. The monoisotopic (exact) mass is 560 g/mol. The SMILES string of the molecule is CN=C(NCc1ccccc1CN1CCOCC1)NCc1ccccc1Cn1cccn1.I. The highest BCUT2D eigenvalue weighted by Crippen LogP contribution is 2.13. The van der Waals surface area contributed by atoms with Crippen molar-refractivity contribution in [1.82, 2.24) is 25.3 Å². The molecule has 8 heteroatoms. The number of nitrogens with one attached hydrogen (secondary N) is 2. The van der Waals surface area contributed by atoms with E-state index in [1.54, 1.807) is 0 Å². The molecule has 2 heterocycles. The van der Waals surface area contributed by atoms with Crippen LogP contribution in [0.25, 0.3) is 0 Å². The molecule has 0 aliphatic carbocycles. The quantitative estimate of drug-likeness (QED) is 0.252. The van der Waals surface area contributed by atoms with E-state index in [1.165, 1.54) is 22.3 Å². The average Bonchev–Trinajstić information content (AvgIpc) is 3.35. The number of benzene rings is 2. The van der Waals surface area contributed by atoms with Crippen molar-refractivity contribution in [2.45, 2.75) is 26.2 Å². The van der Waals surface area contributed by atoms with Crippen molar-refractivity contribution in [1.29, 1.82) is 0 Å². The fraction of sp³-hybridized carbons (Fsp3) is 0.360. The van der Waals surface area contributed by atoms with Gasteiger partial charge in [-0.1, -0.05) is 48.5 Å². The van der Waals surface area contributed by atoms with Gasteiger partial charge in [-0.05, 0) is 28.3 Å². The fourth-order valence-corrected chi connectivity index (χ4v) is 3.92. The minimum Gasteiger partial charge on any atom is -0.379 e. The Morgan fingerprint density at radius 1 is 0.879 bits per heavy atom. The van der Waals surface area contributed by atoms with E-state index in [0.29, 0.717) is 6.54 Å². The molecule has 0 saturated carbocycles. The van der Waals surface area contributed by atoms with Crippen LogP contribution in [-0.4, -0.2) is 54.0 Å². The van der Waals surface area contributed by atoms with Crippen LogP contribution < -0.4 is 10.6 Å². The molecule has 0 amide bonds. The Labute approximate surface area is 213 Å². The zero-order valence-electron chi connectivity index (χ0n) is 19.1. The van der Waals surface area contributed by atoms with Gasteiger partial charge in [0.2, 0.25) is 0 Å². The molecule has 2 aromatic carbocycles. The first-order chi connectivity index (χ1) is 15.8. The Hall–Kier alpha value is -2.43. The second-order valence-electron chi connectivity index (χ2n) is 7.91. The number of morpholine rings is 1. The van der Waals surface area contributed by atoms with E-state index in [0.717, 1.165) is 51.9 Å². The van der Waals surface area contributed by atoms with Gasteiger partial charge in [0.15, 0.2) is 5.96 Å². The van der Waals surface area contributed by atoms with Crippen molar-refractivity contribution in [3.05, 3.63) is 89.2 Å². The maximum atomic E-state index is 5.48. The van der Waals surface area contributed by atoms with E-state index in [1.807, 2.05) is 30.2 Å². The largest absolute Gasteiger partial charge is 0.379 e. The first-order valence-corrected chi connectivity index (χ1v) is 11.2. The van der Waals surface area contributed by atoms with Crippen molar-refractivity contribution in [3.8, 4) is 0 Å². The molecule has 1 saturated heterocycles. The lowest BCUT2D eigenvalue weighted by Crippen LogP contribution is -2.37. The number of ether oxygens (including phenoxy) is 1.